The van der Waals surface area contributed by atoms with Crippen molar-refractivity contribution in [1.29, 1.82) is 0 Å². The molecule has 2 N–H and O–H groups in total. The number of hydrogen-bond acceptors (Lipinski definition) is 5. The molecule has 0 amide bonds. The summed E-state index contributed by atoms with van der Waals surface area (Å²) in [4.78, 5) is 0. The highest BCUT2D eigenvalue weighted by molar-refractivity contribution is 7.91. The molecule has 0 radical (unpaired) electrons. The summed E-state index contributed by atoms with van der Waals surface area (Å²) in [6.07, 6.45) is 0.258. The quantitative estimate of drug-likeness (QED) is 0.532. The van der Waals surface area contributed by atoms with E-state index in [0.717, 1.165) is 12.1 Å². The van der Waals surface area contributed by atoms with E-state index in [4.69, 9.17) is 14.8 Å². The Bertz CT molecular complexity index is 518. The lowest BCUT2D eigenvalue weighted by atomic mass is 9.79. The van der Waals surface area contributed by atoms with Crippen molar-refractivity contribution in [2.45, 2.75) is 13.3 Å². The third-order valence-electron chi connectivity index (χ3n) is 2.55. The number of hydrogen-bond donors (Lipinski definition) is 2. The Balaban J connectivity index is 2.60. The highest BCUT2D eigenvalue weighted by atomic mass is 32.2. The van der Waals surface area contributed by atoms with Gasteiger partial charge in [-0.25, -0.2) is 12.8 Å². The smallest absolute Gasteiger partial charge is 0.492 e. The summed E-state index contributed by atoms with van der Waals surface area (Å²) in [6.45, 7) is 1.62. The number of ether oxygens (including phenoxy) is 1. The van der Waals surface area contributed by atoms with Crippen LogP contribution in [0.1, 0.15) is 13.3 Å². The Labute approximate surface area is 112 Å². The third kappa shape index (κ3) is 5.18. The molecule has 0 spiro atoms. The Kier molecular flexibility index (Phi) is 5.77. The fourth-order valence-corrected chi connectivity index (χ4v) is 2.30. The van der Waals surface area contributed by atoms with Crippen molar-refractivity contribution in [2.75, 3.05) is 18.1 Å². The van der Waals surface area contributed by atoms with Crippen LogP contribution in [0.2, 0.25) is 0 Å². The molecule has 0 aromatic heterocycles. The second kappa shape index (κ2) is 6.88. The summed E-state index contributed by atoms with van der Waals surface area (Å²) in [5.41, 5.74) is 0.0414. The van der Waals surface area contributed by atoms with E-state index in [0.29, 0.717) is 0 Å². The normalized spacial score (nSPS) is 11.4. The van der Waals surface area contributed by atoms with E-state index in [1.807, 2.05) is 0 Å². The van der Waals surface area contributed by atoms with Crippen LogP contribution in [-0.4, -0.2) is 43.7 Å². The van der Waals surface area contributed by atoms with Gasteiger partial charge in [0, 0.05) is 17.3 Å². The summed E-state index contributed by atoms with van der Waals surface area (Å²) in [5.74, 6) is -0.520. The SMILES string of the molecule is CCS(=O)(=O)CCCOc1cc(F)ccc1B(O)O. The number of sulfone groups is 1. The number of halogens is 1. The first-order valence-corrected chi connectivity index (χ1v) is 7.66. The monoisotopic (exact) mass is 290 g/mol. The van der Waals surface area contributed by atoms with Gasteiger partial charge in [0.25, 0.3) is 0 Å². The van der Waals surface area contributed by atoms with E-state index in [9.17, 15) is 12.8 Å². The van der Waals surface area contributed by atoms with Crippen molar-refractivity contribution >= 4 is 22.4 Å². The van der Waals surface area contributed by atoms with Crippen LogP contribution in [0.3, 0.4) is 0 Å². The highest BCUT2D eigenvalue weighted by Gasteiger charge is 2.18. The van der Waals surface area contributed by atoms with Crippen LogP contribution in [0.4, 0.5) is 4.39 Å². The lowest BCUT2D eigenvalue weighted by Gasteiger charge is -2.11. The molecular formula is C11H16BFO5S. The molecule has 0 fully saturated rings. The minimum absolute atomic E-state index is 0.00361. The van der Waals surface area contributed by atoms with E-state index in [2.05, 4.69) is 0 Å². The van der Waals surface area contributed by atoms with E-state index in [1.165, 1.54) is 6.07 Å². The lowest BCUT2D eigenvalue weighted by Crippen LogP contribution is -2.31. The van der Waals surface area contributed by atoms with Crippen LogP contribution in [0.5, 0.6) is 5.75 Å². The largest absolute Gasteiger partial charge is 0.494 e. The van der Waals surface area contributed by atoms with Gasteiger partial charge >= 0.3 is 7.12 Å². The van der Waals surface area contributed by atoms with E-state index < -0.39 is 22.8 Å². The standard InChI is InChI=1S/C11H16BFO5S/c1-2-19(16,17)7-3-6-18-11-8-9(13)4-5-10(11)12(14)15/h4-5,8,14-15H,2-3,6-7H2,1H3. The molecule has 0 aliphatic carbocycles. The zero-order chi connectivity index (χ0) is 14.5. The minimum atomic E-state index is -3.06. The molecule has 0 aliphatic rings. The van der Waals surface area contributed by atoms with Crippen molar-refractivity contribution in [2.24, 2.45) is 0 Å². The first kappa shape index (κ1) is 15.9. The van der Waals surface area contributed by atoms with Gasteiger partial charge in [0.2, 0.25) is 0 Å². The Morgan fingerprint density at radius 3 is 2.63 bits per heavy atom. The molecular weight excluding hydrogens is 274 g/mol. The summed E-state index contributed by atoms with van der Waals surface area (Å²) in [6, 6.07) is 3.32. The van der Waals surface area contributed by atoms with Crippen LogP contribution in [-0.2, 0) is 9.84 Å². The van der Waals surface area contributed by atoms with Crippen LogP contribution >= 0.6 is 0 Å². The molecule has 1 aromatic rings. The molecule has 0 bridgehead atoms. The lowest BCUT2D eigenvalue weighted by molar-refractivity contribution is 0.316. The summed E-state index contributed by atoms with van der Waals surface area (Å²) in [7, 11) is -4.83. The molecule has 1 rings (SSSR count). The average Bonchev–Trinajstić information content (AvgIpc) is 2.34. The fourth-order valence-electron chi connectivity index (χ4n) is 1.45. The van der Waals surface area contributed by atoms with Crippen LogP contribution < -0.4 is 10.2 Å². The molecule has 1 aromatic carbocycles. The minimum Gasteiger partial charge on any atom is -0.494 e. The van der Waals surface area contributed by atoms with Gasteiger partial charge in [-0.3, -0.25) is 0 Å². The van der Waals surface area contributed by atoms with Gasteiger partial charge in [0.1, 0.15) is 21.4 Å². The summed E-state index contributed by atoms with van der Waals surface area (Å²) >= 11 is 0. The van der Waals surface area contributed by atoms with Crippen molar-refractivity contribution in [3.05, 3.63) is 24.0 Å². The zero-order valence-corrected chi connectivity index (χ0v) is 11.4. The van der Waals surface area contributed by atoms with E-state index in [-0.39, 0.29) is 35.7 Å². The number of rotatable bonds is 7. The number of benzene rings is 1. The van der Waals surface area contributed by atoms with Gasteiger partial charge in [0.15, 0.2) is 0 Å². The van der Waals surface area contributed by atoms with Gasteiger partial charge in [0.05, 0.1) is 12.4 Å². The van der Waals surface area contributed by atoms with Gasteiger partial charge in [-0.1, -0.05) is 13.0 Å². The Morgan fingerprint density at radius 1 is 1.37 bits per heavy atom. The van der Waals surface area contributed by atoms with Gasteiger partial charge < -0.3 is 14.8 Å². The molecule has 19 heavy (non-hydrogen) atoms. The van der Waals surface area contributed by atoms with Crippen molar-refractivity contribution < 1.29 is 27.6 Å². The highest BCUT2D eigenvalue weighted by Crippen LogP contribution is 2.11. The second-order valence-electron chi connectivity index (χ2n) is 3.99. The summed E-state index contributed by atoms with van der Waals surface area (Å²) < 4.78 is 40.7. The molecule has 0 saturated heterocycles. The van der Waals surface area contributed by atoms with E-state index >= 15 is 0 Å². The fraction of sp³-hybridized carbons (Fsp3) is 0.455. The van der Waals surface area contributed by atoms with Gasteiger partial charge in [-0.2, -0.15) is 0 Å². The predicted molar refractivity (Wildman–Crippen MR) is 70.7 cm³/mol. The molecule has 0 heterocycles. The first-order valence-electron chi connectivity index (χ1n) is 5.84. The van der Waals surface area contributed by atoms with Gasteiger partial charge in [-0.15, -0.1) is 0 Å². The average molecular weight is 290 g/mol. The predicted octanol–water partition coefficient (Wildman–Crippen LogP) is -0.291. The maximum atomic E-state index is 13.0. The maximum absolute atomic E-state index is 13.0. The molecule has 0 unspecified atom stereocenters. The molecule has 8 heteroatoms. The topological polar surface area (TPSA) is 83.8 Å². The molecule has 5 nitrogen and oxygen atoms in total. The maximum Gasteiger partial charge on any atom is 0.492 e. The molecule has 106 valence electrons. The first-order chi connectivity index (χ1) is 8.85. The summed E-state index contributed by atoms with van der Waals surface area (Å²) in [5, 5.41) is 18.2. The van der Waals surface area contributed by atoms with Crippen LogP contribution in [0.25, 0.3) is 0 Å². The zero-order valence-electron chi connectivity index (χ0n) is 10.5. The van der Waals surface area contributed by atoms with Crippen LogP contribution in [0, 0.1) is 5.82 Å². The van der Waals surface area contributed by atoms with Gasteiger partial charge in [-0.05, 0) is 12.5 Å². The Morgan fingerprint density at radius 2 is 2.05 bits per heavy atom. The van der Waals surface area contributed by atoms with Crippen molar-refractivity contribution in [3.8, 4) is 5.75 Å². The molecule has 0 saturated carbocycles. The second-order valence-corrected chi connectivity index (χ2v) is 6.47. The van der Waals surface area contributed by atoms with E-state index in [1.54, 1.807) is 6.92 Å². The van der Waals surface area contributed by atoms with Crippen molar-refractivity contribution in [1.82, 2.24) is 0 Å². The van der Waals surface area contributed by atoms with Crippen molar-refractivity contribution in [3.63, 3.8) is 0 Å². The third-order valence-corrected chi connectivity index (χ3v) is 4.34. The van der Waals surface area contributed by atoms with Crippen LogP contribution in [0.15, 0.2) is 18.2 Å². The molecule has 0 atom stereocenters. The Hall–Kier alpha value is -1.12. The molecule has 0 aliphatic heterocycles.